The Kier molecular flexibility index (Phi) is 9.43. The normalized spacial score (nSPS) is 18.5. The molecular formula is C17H26FIN4O3S. The minimum atomic E-state index is -3.00. The van der Waals surface area contributed by atoms with E-state index in [2.05, 4.69) is 20.9 Å². The van der Waals surface area contributed by atoms with E-state index in [0.29, 0.717) is 31.0 Å². The SMILES string of the molecule is CN=C(NCCC(=O)NC1CCS(=O)(=O)C1)NCc1ccc(C)c(F)c1.I. The average Bonchev–Trinajstić information content (AvgIpc) is 2.92. The van der Waals surface area contributed by atoms with E-state index in [1.165, 1.54) is 6.07 Å². The lowest BCUT2D eigenvalue weighted by Gasteiger charge is -2.14. The zero-order chi connectivity index (χ0) is 19.2. The quantitative estimate of drug-likeness (QED) is 0.302. The molecule has 1 unspecified atom stereocenters. The molecule has 27 heavy (non-hydrogen) atoms. The molecule has 0 aliphatic carbocycles. The van der Waals surface area contributed by atoms with Crippen molar-refractivity contribution in [3.8, 4) is 0 Å². The molecule has 152 valence electrons. The molecular weight excluding hydrogens is 486 g/mol. The number of carbonyl (C=O) groups is 1. The lowest BCUT2D eigenvalue weighted by Crippen LogP contribution is -2.40. The summed E-state index contributed by atoms with van der Waals surface area (Å²) in [6.07, 6.45) is 0.675. The number of hydrogen-bond donors (Lipinski definition) is 3. The van der Waals surface area contributed by atoms with Crippen LogP contribution in [0.1, 0.15) is 24.0 Å². The molecule has 1 aliphatic rings. The van der Waals surface area contributed by atoms with Gasteiger partial charge in [0.15, 0.2) is 15.8 Å². The first kappa shape index (κ1) is 23.6. The van der Waals surface area contributed by atoms with E-state index in [9.17, 15) is 17.6 Å². The molecule has 1 aromatic carbocycles. The number of hydrogen-bond acceptors (Lipinski definition) is 4. The van der Waals surface area contributed by atoms with E-state index in [1.807, 2.05) is 6.07 Å². The van der Waals surface area contributed by atoms with Crippen molar-refractivity contribution in [1.82, 2.24) is 16.0 Å². The highest BCUT2D eigenvalue weighted by Gasteiger charge is 2.28. The third-order valence-corrected chi connectivity index (χ3v) is 5.93. The molecule has 1 amide bonds. The number of amides is 1. The van der Waals surface area contributed by atoms with Crippen molar-refractivity contribution in [1.29, 1.82) is 0 Å². The van der Waals surface area contributed by atoms with E-state index in [1.54, 1.807) is 20.0 Å². The molecule has 1 heterocycles. The Balaban J connectivity index is 0.00000364. The van der Waals surface area contributed by atoms with Crippen LogP contribution < -0.4 is 16.0 Å². The van der Waals surface area contributed by atoms with Crippen LogP contribution in [0.25, 0.3) is 0 Å². The van der Waals surface area contributed by atoms with Gasteiger partial charge in [-0.3, -0.25) is 9.79 Å². The maximum Gasteiger partial charge on any atom is 0.222 e. The molecule has 7 nitrogen and oxygen atoms in total. The maximum absolute atomic E-state index is 13.5. The highest BCUT2D eigenvalue weighted by atomic mass is 127. The Morgan fingerprint density at radius 1 is 1.33 bits per heavy atom. The summed E-state index contributed by atoms with van der Waals surface area (Å²) < 4.78 is 36.3. The number of halogens is 2. The van der Waals surface area contributed by atoms with Crippen LogP contribution in [0.3, 0.4) is 0 Å². The molecule has 0 spiro atoms. The van der Waals surface area contributed by atoms with Crippen molar-refractivity contribution >= 4 is 45.7 Å². The topological polar surface area (TPSA) is 99.7 Å². The van der Waals surface area contributed by atoms with Crippen LogP contribution in [0, 0.1) is 12.7 Å². The Hall–Kier alpha value is -1.43. The summed E-state index contributed by atoms with van der Waals surface area (Å²) in [5, 5.41) is 8.79. The van der Waals surface area contributed by atoms with E-state index >= 15 is 0 Å². The molecule has 1 saturated heterocycles. The number of guanidine groups is 1. The Morgan fingerprint density at radius 2 is 2.07 bits per heavy atom. The van der Waals surface area contributed by atoms with Crippen molar-refractivity contribution in [2.24, 2.45) is 4.99 Å². The first-order chi connectivity index (χ1) is 12.3. The molecule has 0 radical (unpaired) electrons. The van der Waals surface area contributed by atoms with Crippen LogP contribution in [0.4, 0.5) is 4.39 Å². The molecule has 2 rings (SSSR count). The molecule has 0 saturated carbocycles. The smallest absolute Gasteiger partial charge is 0.222 e. The maximum atomic E-state index is 13.5. The summed E-state index contributed by atoms with van der Waals surface area (Å²) in [5.41, 5.74) is 1.38. The highest BCUT2D eigenvalue weighted by molar-refractivity contribution is 14.0. The molecule has 10 heteroatoms. The number of sulfone groups is 1. The highest BCUT2D eigenvalue weighted by Crippen LogP contribution is 2.11. The number of nitrogens with zero attached hydrogens (tertiary/aromatic N) is 1. The second-order valence-corrected chi connectivity index (χ2v) is 8.58. The molecule has 0 bridgehead atoms. The van der Waals surface area contributed by atoms with Gasteiger partial charge in [0.1, 0.15) is 5.82 Å². The minimum Gasteiger partial charge on any atom is -0.356 e. The summed E-state index contributed by atoms with van der Waals surface area (Å²) >= 11 is 0. The fourth-order valence-corrected chi connectivity index (χ4v) is 4.33. The van der Waals surface area contributed by atoms with Crippen molar-refractivity contribution in [3.63, 3.8) is 0 Å². The average molecular weight is 512 g/mol. The van der Waals surface area contributed by atoms with Crippen molar-refractivity contribution in [3.05, 3.63) is 35.1 Å². The van der Waals surface area contributed by atoms with Gasteiger partial charge in [-0.15, -0.1) is 24.0 Å². The fraction of sp³-hybridized carbons (Fsp3) is 0.529. The molecule has 3 N–H and O–H groups in total. The summed E-state index contributed by atoms with van der Waals surface area (Å²) in [4.78, 5) is 15.9. The zero-order valence-corrected chi connectivity index (χ0v) is 18.6. The lowest BCUT2D eigenvalue weighted by atomic mass is 10.1. The van der Waals surface area contributed by atoms with Gasteiger partial charge in [-0.05, 0) is 30.5 Å². The van der Waals surface area contributed by atoms with Gasteiger partial charge in [-0.25, -0.2) is 12.8 Å². The van der Waals surface area contributed by atoms with E-state index in [4.69, 9.17) is 0 Å². The standard InChI is InChI=1S/C17H25FN4O3S.HI/c1-12-3-4-13(9-15(12)18)10-21-17(19-2)20-7-5-16(23)22-14-6-8-26(24,25)11-14;/h3-4,9,14H,5-8,10-11H2,1-2H3,(H,22,23)(H2,19,20,21);1H. The van der Waals surface area contributed by atoms with Crippen molar-refractivity contribution < 1.29 is 17.6 Å². The van der Waals surface area contributed by atoms with Crippen molar-refractivity contribution in [2.45, 2.75) is 32.4 Å². The van der Waals surface area contributed by atoms with Gasteiger partial charge in [-0.1, -0.05) is 12.1 Å². The van der Waals surface area contributed by atoms with E-state index in [-0.39, 0.29) is 59.7 Å². The second kappa shape index (κ2) is 10.8. The van der Waals surface area contributed by atoms with Crippen LogP contribution in [0.2, 0.25) is 0 Å². The van der Waals surface area contributed by atoms with Crippen molar-refractivity contribution in [2.75, 3.05) is 25.1 Å². The molecule has 1 aromatic rings. The summed E-state index contributed by atoms with van der Waals surface area (Å²) in [5.74, 6) is 0.199. The zero-order valence-electron chi connectivity index (χ0n) is 15.4. The minimum absolute atomic E-state index is 0. The van der Waals surface area contributed by atoms with Gasteiger partial charge in [0, 0.05) is 32.6 Å². The van der Waals surface area contributed by atoms with Gasteiger partial charge < -0.3 is 16.0 Å². The largest absolute Gasteiger partial charge is 0.356 e. The predicted molar refractivity (Wildman–Crippen MR) is 115 cm³/mol. The molecule has 0 aromatic heterocycles. The van der Waals surface area contributed by atoms with Crippen LogP contribution in [0.15, 0.2) is 23.2 Å². The van der Waals surface area contributed by atoms with Crippen LogP contribution in [-0.2, 0) is 21.2 Å². The fourth-order valence-electron chi connectivity index (χ4n) is 2.66. The first-order valence-electron chi connectivity index (χ1n) is 8.48. The van der Waals surface area contributed by atoms with Crippen LogP contribution in [0.5, 0.6) is 0 Å². The van der Waals surface area contributed by atoms with Crippen LogP contribution >= 0.6 is 24.0 Å². The third kappa shape index (κ3) is 7.99. The van der Waals surface area contributed by atoms with Gasteiger partial charge in [0.25, 0.3) is 0 Å². The van der Waals surface area contributed by atoms with Gasteiger partial charge in [0.2, 0.25) is 5.91 Å². The summed E-state index contributed by atoms with van der Waals surface area (Å²) in [7, 11) is -1.40. The summed E-state index contributed by atoms with van der Waals surface area (Å²) in [6, 6.07) is 4.73. The molecule has 1 fully saturated rings. The van der Waals surface area contributed by atoms with E-state index < -0.39 is 9.84 Å². The van der Waals surface area contributed by atoms with Gasteiger partial charge in [0.05, 0.1) is 11.5 Å². The number of aliphatic imine (C=N–C) groups is 1. The monoisotopic (exact) mass is 512 g/mol. The number of aryl methyl sites for hydroxylation is 1. The number of carbonyl (C=O) groups excluding carboxylic acids is 1. The van der Waals surface area contributed by atoms with Gasteiger partial charge >= 0.3 is 0 Å². The van der Waals surface area contributed by atoms with Crippen LogP contribution in [-0.4, -0.2) is 51.4 Å². The Morgan fingerprint density at radius 3 is 2.67 bits per heavy atom. The Labute approximate surface area is 176 Å². The number of nitrogens with one attached hydrogen (secondary N) is 3. The third-order valence-electron chi connectivity index (χ3n) is 4.16. The number of benzene rings is 1. The lowest BCUT2D eigenvalue weighted by molar-refractivity contribution is -0.121. The summed E-state index contributed by atoms with van der Waals surface area (Å²) in [6.45, 7) is 2.47. The van der Waals surface area contributed by atoms with Gasteiger partial charge in [-0.2, -0.15) is 0 Å². The molecule has 1 atom stereocenters. The number of rotatable bonds is 6. The molecule has 1 aliphatic heterocycles. The van der Waals surface area contributed by atoms with E-state index in [0.717, 1.165) is 5.56 Å². The Bertz CT molecular complexity index is 786. The first-order valence-corrected chi connectivity index (χ1v) is 10.3. The predicted octanol–water partition coefficient (Wildman–Crippen LogP) is 1.11. The second-order valence-electron chi connectivity index (χ2n) is 6.35.